The van der Waals surface area contributed by atoms with Gasteiger partial charge in [-0.2, -0.15) is 0 Å². The lowest BCUT2D eigenvalue weighted by atomic mass is 9.86. The second kappa shape index (κ2) is 2.58. The van der Waals surface area contributed by atoms with Crippen LogP contribution < -0.4 is 5.23 Å². The molecule has 0 bridgehead atoms. The molecular formula is C5H9B2N. The van der Waals surface area contributed by atoms with Crippen molar-refractivity contribution in [3.8, 4) is 0 Å². The monoisotopic (exact) mass is 105 g/mol. The third-order valence-corrected chi connectivity index (χ3v) is 1.71. The Balaban J connectivity index is 2.22. The van der Waals surface area contributed by atoms with Crippen molar-refractivity contribution < 1.29 is 0 Å². The van der Waals surface area contributed by atoms with Gasteiger partial charge in [-0.1, -0.05) is 12.2 Å². The quantitative estimate of drug-likeness (QED) is 0.468. The molecule has 1 nitrogen and oxygen atoms in total. The first kappa shape index (κ1) is 6.21. The van der Waals surface area contributed by atoms with Gasteiger partial charge in [-0.3, -0.25) is 0 Å². The van der Waals surface area contributed by atoms with E-state index in [-0.39, 0.29) is 0 Å². The van der Waals surface area contributed by atoms with E-state index in [2.05, 4.69) is 5.23 Å². The van der Waals surface area contributed by atoms with E-state index in [4.69, 9.17) is 15.8 Å². The lowest BCUT2D eigenvalue weighted by Crippen LogP contribution is -2.22. The van der Waals surface area contributed by atoms with E-state index in [1.165, 1.54) is 0 Å². The summed E-state index contributed by atoms with van der Waals surface area (Å²) in [6.45, 7) is 0. The number of hydrogen-bond acceptors (Lipinski definition) is 1. The Labute approximate surface area is 53.1 Å². The summed E-state index contributed by atoms with van der Waals surface area (Å²) in [6.07, 6.45) is 3.29. The maximum atomic E-state index is 5.61. The van der Waals surface area contributed by atoms with Crippen LogP contribution in [0.5, 0.6) is 0 Å². The average molecular weight is 105 g/mol. The lowest BCUT2D eigenvalue weighted by molar-refractivity contribution is 0.649. The second-order valence-corrected chi connectivity index (χ2v) is 2.44. The Kier molecular flexibility index (Phi) is 2.01. The molecule has 8 heavy (non-hydrogen) atoms. The maximum Gasteiger partial charge on any atom is 0.178 e. The summed E-state index contributed by atoms with van der Waals surface area (Å²) in [5.74, 6) is 0.385. The highest BCUT2D eigenvalue weighted by Crippen LogP contribution is 2.26. The zero-order valence-electron chi connectivity index (χ0n) is 4.93. The minimum atomic E-state index is 0.385. The second-order valence-electron chi connectivity index (χ2n) is 2.44. The zero-order valence-corrected chi connectivity index (χ0v) is 4.93. The van der Waals surface area contributed by atoms with Gasteiger partial charge in [0.2, 0.25) is 0 Å². The van der Waals surface area contributed by atoms with Crippen LogP contribution in [0.3, 0.4) is 0 Å². The third-order valence-electron chi connectivity index (χ3n) is 1.71. The summed E-state index contributed by atoms with van der Waals surface area (Å²) in [5, 5.41) is 2.71. The summed E-state index contributed by atoms with van der Waals surface area (Å²) in [7, 11) is 10.8. The molecule has 3 heteroatoms. The van der Waals surface area contributed by atoms with E-state index in [0.29, 0.717) is 11.9 Å². The molecule has 0 aliphatic heterocycles. The van der Waals surface area contributed by atoms with Crippen molar-refractivity contribution in [2.24, 2.45) is 0 Å². The first-order chi connectivity index (χ1) is 3.83. The molecule has 0 aromatic carbocycles. The van der Waals surface area contributed by atoms with E-state index >= 15 is 0 Å². The summed E-state index contributed by atoms with van der Waals surface area (Å²) in [6, 6.07) is 0.477. The fourth-order valence-corrected chi connectivity index (χ4v) is 1.17. The Hall–Kier alpha value is 0.0899. The average Bonchev–Trinajstić information content (AvgIpc) is 2.14. The van der Waals surface area contributed by atoms with E-state index < -0.39 is 0 Å². The van der Waals surface area contributed by atoms with Gasteiger partial charge in [0.05, 0.1) is 7.85 Å². The van der Waals surface area contributed by atoms with Crippen molar-refractivity contribution in [3.63, 3.8) is 0 Å². The van der Waals surface area contributed by atoms with Gasteiger partial charge in [0.15, 0.2) is 7.98 Å². The normalized spacial score (nSPS) is 38.0. The Morgan fingerprint density at radius 1 is 1.38 bits per heavy atom. The van der Waals surface area contributed by atoms with Crippen molar-refractivity contribution in [1.82, 2.24) is 5.23 Å². The summed E-state index contributed by atoms with van der Waals surface area (Å²) in [5.41, 5.74) is 0. The molecule has 0 aromatic rings. The molecule has 1 saturated carbocycles. The molecule has 2 atom stereocenters. The number of rotatable bonds is 1. The van der Waals surface area contributed by atoms with E-state index in [1.807, 2.05) is 0 Å². The van der Waals surface area contributed by atoms with Crippen LogP contribution in [0, 0.1) is 0 Å². The fraction of sp³-hybridized carbons (Fsp3) is 1.00. The molecule has 0 aromatic heterocycles. The van der Waals surface area contributed by atoms with Gasteiger partial charge >= 0.3 is 0 Å². The van der Waals surface area contributed by atoms with Gasteiger partial charge in [0.1, 0.15) is 0 Å². The highest BCUT2D eigenvalue weighted by Gasteiger charge is 2.17. The fourth-order valence-electron chi connectivity index (χ4n) is 1.17. The molecule has 0 heterocycles. The van der Waals surface area contributed by atoms with Crippen LogP contribution in [0.25, 0.3) is 0 Å². The molecule has 1 N–H and O–H groups in total. The van der Waals surface area contributed by atoms with Gasteiger partial charge in [0.25, 0.3) is 0 Å². The SMILES string of the molecule is [B]NC1CC[C@H]([B])C1. The predicted molar refractivity (Wildman–Crippen MR) is 36.0 cm³/mol. The summed E-state index contributed by atoms with van der Waals surface area (Å²) < 4.78 is 0. The zero-order chi connectivity index (χ0) is 5.98. The van der Waals surface area contributed by atoms with Crippen LogP contribution in [0.1, 0.15) is 19.3 Å². The van der Waals surface area contributed by atoms with Crippen LogP contribution in [0.2, 0.25) is 5.82 Å². The minimum Gasteiger partial charge on any atom is -0.364 e. The van der Waals surface area contributed by atoms with E-state index in [9.17, 15) is 0 Å². The number of nitrogens with one attached hydrogen (secondary N) is 1. The molecule has 1 aliphatic carbocycles. The standard InChI is InChI=1S/C5H9B2N/c6-4-1-2-5(3-4)8-7/h4-5,8H,1-3H2/t4-,5?/m0/s1. The van der Waals surface area contributed by atoms with Gasteiger partial charge in [-0.25, -0.2) is 0 Å². The molecular weight excluding hydrogens is 95.7 g/mol. The number of hydrogen-bond donors (Lipinski definition) is 1. The highest BCUT2D eigenvalue weighted by atomic mass is 14.8. The third kappa shape index (κ3) is 1.28. The smallest absolute Gasteiger partial charge is 0.178 e. The van der Waals surface area contributed by atoms with Crippen molar-refractivity contribution in [1.29, 1.82) is 0 Å². The Morgan fingerprint density at radius 2 is 2.12 bits per heavy atom. The van der Waals surface area contributed by atoms with Crippen LogP contribution in [0.4, 0.5) is 0 Å². The minimum absolute atomic E-state index is 0.385. The summed E-state index contributed by atoms with van der Waals surface area (Å²) >= 11 is 0. The van der Waals surface area contributed by atoms with Crippen molar-refractivity contribution in [3.05, 3.63) is 0 Å². The van der Waals surface area contributed by atoms with Gasteiger partial charge in [-0.15, -0.1) is 0 Å². The van der Waals surface area contributed by atoms with E-state index in [1.54, 1.807) is 0 Å². The molecule has 4 radical (unpaired) electrons. The Bertz CT molecular complexity index is 76.8. The van der Waals surface area contributed by atoms with Crippen LogP contribution in [-0.2, 0) is 0 Å². The van der Waals surface area contributed by atoms with Gasteiger partial charge in [-0.05, 0) is 18.9 Å². The maximum absolute atomic E-state index is 5.61. The summed E-state index contributed by atoms with van der Waals surface area (Å²) in [4.78, 5) is 0. The Morgan fingerprint density at radius 3 is 2.38 bits per heavy atom. The van der Waals surface area contributed by atoms with Crippen LogP contribution in [-0.4, -0.2) is 21.9 Å². The molecule has 0 saturated heterocycles. The first-order valence-electron chi connectivity index (χ1n) is 3.04. The molecule has 0 amide bonds. The topological polar surface area (TPSA) is 12.0 Å². The first-order valence-corrected chi connectivity index (χ1v) is 3.04. The molecule has 0 spiro atoms. The van der Waals surface area contributed by atoms with Crippen molar-refractivity contribution in [2.75, 3.05) is 0 Å². The molecule has 1 rings (SSSR count). The van der Waals surface area contributed by atoms with Crippen molar-refractivity contribution in [2.45, 2.75) is 31.1 Å². The van der Waals surface area contributed by atoms with E-state index in [0.717, 1.165) is 19.3 Å². The molecule has 1 aliphatic rings. The molecule has 1 unspecified atom stereocenters. The van der Waals surface area contributed by atoms with Gasteiger partial charge in [0, 0.05) is 0 Å². The van der Waals surface area contributed by atoms with Gasteiger partial charge < -0.3 is 5.23 Å². The largest absolute Gasteiger partial charge is 0.364 e. The predicted octanol–water partition coefficient (Wildman–Crippen LogP) is 0.169. The van der Waals surface area contributed by atoms with Crippen LogP contribution in [0.15, 0.2) is 0 Å². The highest BCUT2D eigenvalue weighted by molar-refractivity contribution is 6.12. The van der Waals surface area contributed by atoms with Crippen LogP contribution >= 0.6 is 0 Å². The van der Waals surface area contributed by atoms with Crippen molar-refractivity contribution >= 4 is 15.8 Å². The molecule has 40 valence electrons. The molecule has 1 fully saturated rings. The lowest BCUT2D eigenvalue weighted by Gasteiger charge is -2.05.